The molecule has 6 nitrogen and oxygen atoms in total. The molecule has 0 bridgehead atoms. The first kappa shape index (κ1) is 22.4. The van der Waals surface area contributed by atoms with Crippen LogP contribution in [0.5, 0.6) is 11.5 Å². The van der Waals surface area contributed by atoms with Crippen LogP contribution in [-0.2, 0) is 6.54 Å². The van der Waals surface area contributed by atoms with Gasteiger partial charge in [-0.15, -0.1) is 0 Å². The summed E-state index contributed by atoms with van der Waals surface area (Å²) in [7, 11) is 0. The fourth-order valence-electron chi connectivity index (χ4n) is 3.53. The number of ether oxygens (including phenoxy) is 1. The standard InChI is InChI=1S/C26H25N5OS/c1-33-31-15-17-7-9-19(10-8-17)25-24(27)23(26(28)29)22(16-30-25)18-11-13-21(14-12-18)32-20-5-3-2-4-6-20/h2-14,16,31H,15,27H2,1H3,(H3,28,29). The van der Waals surface area contributed by atoms with E-state index < -0.39 is 0 Å². The molecule has 0 unspecified atom stereocenters. The maximum Gasteiger partial charge on any atom is 0.127 e. The minimum atomic E-state index is -0.100. The molecule has 7 heteroatoms. The maximum absolute atomic E-state index is 8.16. The number of hydrogen-bond acceptors (Lipinski definition) is 6. The lowest BCUT2D eigenvalue weighted by molar-refractivity contribution is 0.483. The third-order valence-electron chi connectivity index (χ3n) is 5.18. The van der Waals surface area contributed by atoms with Crippen LogP contribution < -0.4 is 20.9 Å². The third kappa shape index (κ3) is 5.16. The van der Waals surface area contributed by atoms with Gasteiger partial charge in [0.15, 0.2) is 0 Å². The molecular formula is C26H25N5OS. The fraction of sp³-hybridized carbons (Fsp3) is 0.0769. The van der Waals surface area contributed by atoms with Crippen LogP contribution in [0.15, 0.2) is 85.1 Å². The number of amidine groups is 1. The van der Waals surface area contributed by atoms with Gasteiger partial charge in [-0.05, 0) is 41.6 Å². The molecule has 4 rings (SSSR count). The van der Waals surface area contributed by atoms with E-state index in [1.54, 1.807) is 18.1 Å². The molecular weight excluding hydrogens is 430 g/mol. The highest BCUT2D eigenvalue weighted by atomic mass is 32.2. The van der Waals surface area contributed by atoms with Gasteiger partial charge in [0.1, 0.15) is 17.3 Å². The van der Waals surface area contributed by atoms with Gasteiger partial charge in [-0.1, -0.05) is 66.5 Å². The number of anilines is 1. The van der Waals surface area contributed by atoms with Crippen LogP contribution in [0, 0.1) is 5.41 Å². The summed E-state index contributed by atoms with van der Waals surface area (Å²) in [5.41, 5.74) is 17.5. The first-order valence-corrected chi connectivity index (χ1v) is 11.6. The summed E-state index contributed by atoms with van der Waals surface area (Å²) in [6.45, 7) is 0.770. The van der Waals surface area contributed by atoms with E-state index in [0.717, 1.165) is 29.0 Å². The number of nitrogen functional groups attached to an aromatic ring is 2. The van der Waals surface area contributed by atoms with Crippen LogP contribution in [0.3, 0.4) is 0 Å². The van der Waals surface area contributed by atoms with E-state index in [2.05, 4.69) is 9.71 Å². The molecule has 0 spiro atoms. The summed E-state index contributed by atoms with van der Waals surface area (Å²) in [6, 6.07) is 25.2. The van der Waals surface area contributed by atoms with E-state index in [0.29, 0.717) is 28.3 Å². The molecule has 0 aliphatic heterocycles. The summed E-state index contributed by atoms with van der Waals surface area (Å²) >= 11 is 1.58. The van der Waals surface area contributed by atoms with Crippen molar-refractivity contribution in [3.8, 4) is 33.9 Å². The Hall–Kier alpha value is -3.81. The Bertz CT molecular complexity index is 1240. The molecule has 0 saturated heterocycles. The maximum atomic E-state index is 8.16. The Labute approximate surface area is 197 Å². The summed E-state index contributed by atoms with van der Waals surface area (Å²) in [5, 5.41) is 8.16. The second-order valence-electron chi connectivity index (χ2n) is 7.38. The van der Waals surface area contributed by atoms with Crippen molar-refractivity contribution in [1.82, 2.24) is 9.71 Å². The SMILES string of the molecule is CSNCc1ccc(-c2ncc(-c3ccc(Oc4ccccc4)cc3)c(C(=N)N)c2N)cc1. The molecule has 0 aliphatic carbocycles. The van der Waals surface area contributed by atoms with Crippen molar-refractivity contribution in [2.75, 3.05) is 12.0 Å². The number of pyridine rings is 1. The van der Waals surface area contributed by atoms with E-state index in [1.807, 2.05) is 85.1 Å². The number of benzene rings is 3. The average molecular weight is 456 g/mol. The molecule has 166 valence electrons. The summed E-state index contributed by atoms with van der Waals surface area (Å²) in [4.78, 5) is 4.62. The predicted octanol–water partition coefficient (Wildman–Crippen LogP) is 5.44. The third-order valence-corrected chi connectivity index (χ3v) is 5.61. The van der Waals surface area contributed by atoms with Crippen LogP contribution in [0.25, 0.3) is 22.4 Å². The molecule has 6 N–H and O–H groups in total. The first-order valence-electron chi connectivity index (χ1n) is 10.4. The Kier molecular flexibility index (Phi) is 6.92. The van der Waals surface area contributed by atoms with Crippen molar-refractivity contribution < 1.29 is 4.74 Å². The summed E-state index contributed by atoms with van der Waals surface area (Å²) in [6.07, 6.45) is 3.71. The van der Waals surface area contributed by atoms with E-state index in [1.165, 1.54) is 0 Å². The first-order chi connectivity index (χ1) is 16.1. The van der Waals surface area contributed by atoms with Crippen molar-refractivity contribution in [1.29, 1.82) is 5.41 Å². The molecule has 0 saturated carbocycles. The van der Waals surface area contributed by atoms with Gasteiger partial charge in [0.2, 0.25) is 0 Å². The van der Waals surface area contributed by atoms with Gasteiger partial charge in [-0.3, -0.25) is 15.1 Å². The van der Waals surface area contributed by atoms with Gasteiger partial charge in [0.05, 0.1) is 16.9 Å². The second kappa shape index (κ2) is 10.2. The molecule has 1 aromatic heterocycles. The largest absolute Gasteiger partial charge is 0.457 e. The molecule has 33 heavy (non-hydrogen) atoms. The number of hydrogen-bond donors (Lipinski definition) is 4. The van der Waals surface area contributed by atoms with E-state index in [4.69, 9.17) is 21.6 Å². The van der Waals surface area contributed by atoms with Crippen LogP contribution in [0.4, 0.5) is 5.69 Å². The molecule has 0 radical (unpaired) electrons. The Morgan fingerprint density at radius 2 is 1.58 bits per heavy atom. The van der Waals surface area contributed by atoms with E-state index in [-0.39, 0.29) is 5.84 Å². The lowest BCUT2D eigenvalue weighted by Crippen LogP contribution is -2.16. The zero-order chi connectivity index (χ0) is 23.2. The molecule has 0 atom stereocenters. The van der Waals surface area contributed by atoms with Crippen molar-refractivity contribution in [3.05, 3.63) is 96.2 Å². The van der Waals surface area contributed by atoms with E-state index in [9.17, 15) is 0 Å². The van der Waals surface area contributed by atoms with Crippen molar-refractivity contribution in [2.24, 2.45) is 5.73 Å². The molecule has 0 fully saturated rings. The van der Waals surface area contributed by atoms with Crippen molar-refractivity contribution in [3.63, 3.8) is 0 Å². The lowest BCUT2D eigenvalue weighted by atomic mass is 9.96. The topological polar surface area (TPSA) is 110 Å². The van der Waals surface area contributed by atoms with Crippen molar-refractivity contribution >= 4 is 23.5 Å². The number of aromatic nitrogens is 1. The quantitative estimate of drug-likeness (QED) is 0.160. The lowest BCUT2D eigenvalue weighted by Gasteiger charge is -2.15. The monoisotopic (exact) mass is 455 g/mol. The van der Waals surface area contributed by atoms with Gasteiger partial charge in [0, 0.05) is 23.9 Å². The summed E-state index contributed by atoms with van der Waals surface area (Å²) < 4.78 is 9.09. The van der Waals surface area contributed by atoms with Gasteiger partial charge in [0.25, 0.3) is 0 Å². The van der Waals surface area contributed by atoms with Crippen LogP contribution in [0.1, 0.15) is 11.1 Å². The van der Waals surface area contributed by atoms with E-state index >= 15 is 0 Å². The normalized spacial score (nSPS) is 10.7. The van der Waals surface area contributed by atoms with Crippen LogP contribution in [-0.4, -0.2) is 17.1 Å². The second-order valence-corrected chi connectivity index (χ2v) is 8.08. The Balaban J connectivity index is 1.64. The van der Waals surface area contributed by atoms with Gasteiger partial charge >= 0.3 is 0 Å². The number of nitrogens with zero attached hydrogens (tertiary/aromatic N) is 1. The molecule has 1 heterocycles. The van der Waals surface area contributed by atoms with Gasteiger partial charge in [-0.2, -0.15) is 0 Å². The smallest absolute Gasteiger partial charge is 0.127 e. The predicted molar refractivity (Wildman–Crippen MR) is 137 cm³/mol. The minimum Gasteiger partial charge on any atom is -0.457 e. The average Bonchev–Trinajstić information content (AvgIpc) is 2.84. The number of nitrogens with one attached hydrogen (secondary N) is 2. The highest BCUT2D eigenvalue weighted by Gasteiger charge is 2.17. The van der Waals surface area contributed by atoms with Crippen LogP contribution in [0.2, 0.25) is 0 Å². The van der Waals surface area contributed by atoms with Crippen LogP contribution >= 0.6 is 11.9 Å². The molecule has 3 aromatic carbocycles. The zero-order valence-electron chi connectivity index (χ0n) is 18.2. The summed E-state index contributed by atoms with van der Waals surface area (Å²) in [5.74, 6) is 1.37. The molecule has 4 aromatic rings. The van der Waals surface area contributed by atoms with Gasteiger partial charge in [-0.25, -0.2) is 0 Å². The zero-order valence-corrected chi connectivity index (χ0v) is 19.0. The molecule has 0 amide bonds. The minimum absolute atomic E-state index is 0.100. The number of nitrogens with two attached hydrogens (primary N) is 2. The fourth-order valence-corrected chi connectivity index (χ4v) is 3.84. The molecule has 0 aliphatic rings. The van der Waals surface area contributed by atoms with Crippen molar-refractivity contribution in [2.45, 2.75) is 6.54 Å². The highest BCUT2D eigenvalue weighted by molar-refractivity contribution is 7.96. The Morgan fingerprint density at radius 3 is 2.21 bits per heavy atom. The van der Waals surface area contributed by atoms with Gasteiger partial charge < -0.3 is 16.2 Å². The number of rotatable bonds is 8. The highest BCUT2D eigenvalue weighted by Crippen LogP contribution is 2.34. The number of para-hydroxylation sites is 1. The Morgan fingerprint density at radius 1 is 0.939 bits per heavy atom.